The zero-order valence-corrected chi connectivity index (χ0v) is 10.5. The summed E-state index contributed by atoms with van der Waals surface area (Å²) in [5.41, 5.74) is 1.17. The van der Waals surface area contributed by atoms with E-state index in [9.17, 15) is 4.79 Å². The summed E-state index contributed by atoms with van der Waals surface area (Å²) in [6.07, 6.45) is 2.10. The van der Waals surface area contributed by atoms with Crippen LogP contribution < -0.4 is 5.32 Å². The molecule has 1 amide bonds. The van der Waals surface area contributed by atoms with E-state index in [0.717, 1.165) is 12.8 Å². The minimum absolute atomic E-state index is 0.0858. The van der Waals surface area contributed by atoms with E-state index in [1.165, 1.54) is 16.3 Å². The van der Waals surface area contributed by atoms with Crippen molar-refractivity contribution in [3.63, 3.8) is 0 Å². The van der Waals surface area contributed by atoms with E-state index < -0.39 is 0 Å². The van der Waals surface area contributed by atoms with Gasteiger partial charge >= 0.3 is 0 Å². The van der Waals surface area contributed by atoms with Gasteiger partial charge in [0, 0.05) is 5.92 Å². The molecule has 0 aliphatic heterocycles. The van der Waals surface area contributed by atoms with Crippen LogP contribution >= 0.6 is 0 Å². The third kappa shape index (κ3) is 2.23. The van der Waals surface area contributed by atoms with E-state index in [0.29, 0.717) is 0 Å². The van der Waals surface area contributed by atoms with Crippen molar-refractivity contribution in [2.24, 2.45) is 5.92 Å². The summed E-state index contributed by atoms with van der Waals surface area (Å²) < 4.78 is 0. The first-order valence-corrected chi connectivity index (χ1v) is 6.53. The molecule has 0 saturated heterocycles. The van der Waals surface area contributed by atoms with Crippen molar-refractivity contribution in [3.8, 4) is 0 Å². The Labute approximate surface area is 107 Å². The van der Waals surface area contributed by atoms with Crippen LogP contribution in [0.2, 0.25) is 0 Å². The molecule has 18 heavy (non-hydrogen) atoms. The Morgan fingerprint density at radius 3 is 2.61 bits per heavy atom. The predicted molar refractivity (Wildman–Crippen MR) is 73.2 cm³/mol. The van der Waals surface area contributed by atoms with Crippen molar-refractivity contribution in [2.45, 2.75) is 25.8 Å². The van der Waals surface area contributed by atoms with E-state index in [2.05, 4.69) is 35.6 Å². The molecular weight excluding hydrogens is 222 g/mol. The maximum atomic E-state index is 11.7. The van der Waals surface area contributed by atoms with E-state index in [-0.39, 0.29) is 17.9 Å². The van der Waals surface area contributed by atoms with Crippen LogP contribution in [0, 0.1) is 5.92 Å². The molecule has 3 rings (SSSR count). The Kier molecular flexibility index (Phi) is 2.78. The number of hydrogen-bond donors (Lipinski definition) is 1. The highest BCUT2D eigenvalue weighted by Crippen LogP contribution is 2.30. The SMILES string of the molecule is CC(NC(=O)C1CC1)c1ccc2ccccc2c1. The van der Waals surface area contributed by atoms with Gasteiger partial charge in [0.15, 0.2) is 0 Å². The van der Waals surface area contributed by atoms with Crippen molar-refractivity contribution < 1.29 is 4.79 Å². The second-order valence-corrected chi connectivity index (χ2v) is 5.11. The lowest BCUT2D eigenvalue weighted by Crippen LogP contribution is -2.27. The van der Waals surface area contributed by atoms with Crippen molar-refractivity contribution in [3.05, 3.63) is 48.0 Å². The number of amides is 1. The minimum atomic E-state index is 0.0858. The molecular formula is C16H17NO. The Bertz CT molecular complexity index is 586. The van der Waals surface area contributed by atoms with Crippen molar-refractivity contribution in [1.82, 2.24) is 5.32 Å². The van der Waals surface area contributed by atoms with Crippen LogP contribution in [0.25, 0.3) is 10.8 Å². The molecule has 0 heterocycles. The lowest BCUT2D eigenvalue weighted by Gasteiger charge is -2.14. The van der Waals surface area contributed by atoms with Crippen LogP contribution in [0.4, 0.5) is 0 Å². The molecule has 1 N–H and O–H groups in total. The quantitative estimate of drug-likeness (QED) is 0.873. The molecule has 0 radical (unpaired) electrons. The van der Waals surface area contributed by atoms with Gasteiger partial charge in [-0.3, -0.25) is 4.79 Å². The summed E-state index contributed by atoms with van der Waals surface area (Å²) in [5.74, 6) is 0.476. The summed E-state index contributed by atoms with van der Waals surface area (Å²) >= 11 is 0. The second kappa shape index (κ2) is 4.45. The molecule has 2 heteroatoms. The molecule has 1 aliphatic rings. The maximum Gasteiger partial charge on any atom is 0.223 e. The number of benzene rings is 2. The summed E-state index contributed by atoms with van der Waals surface area (Å²) in [6.45, 7) is 2.05. The van der Waals surface area contributed by atoms with Gasteiger partial charge in [0.05, 0.1) is 6.04 Å². The second-order valence-electron chi connectivity index (χ2n) is 5.11. The molecule has 2 aromatic rings. The Hall–Kier alpha value is -1.83. The van der Waals surface area contributed by atoms with Gasteiger partial charge in [-0.15, -0.1) is 0 Å². The molecule has 0 aromatic heterocycles. The van der Waals surface area contributed by atoms with Crippen LogP contribution in [0.5, 0.6) is 0 Å². The molecule has 1 saturated carbocycles. The molecule has 1 aliphatic carbocycles. The fraction of sp³-hybridized carbons (Fsp3) is 0.312. The van der Waals surface area contributed by atoms with Gasteiger partial charge in [0.2, 0.25) is 5.91 Å². The average Bonchev–Trinajstić information content (AvgIpc) is 3.22. The van der Waals surface area contributed by atoms with E-state index in [4.69, 9.17) is 0 Å². The molecule has 0 bridgehead atoms. The standard InChI is InChI=1S/C16H17NO/c1-11(17-16(18)13-7-8-13)14-9-6-12-4-2-3-5-15(12)10-14/h2-6,9-11,13H,7-8H2,1H3,(H,17,18). The van der Waals surface area contributed by atoms with E-state index >= 15 is 0 Å². The molecule has 0 spiro atoms. The number of hydrogen-bond acceptors (Lipinski definition) is 1. The fourth-order valence-corrected chi connectivity index (χ4v) is 2.24. The number of fused-ring (bicyclic) bond motifs is 1. The minimum Gasteiger partial charge on any atom is -0.349 e. The summed E-state index contributed by atoms with van der Waals surface area (Å²) in [7, 11) is 0. The summed E-state index contributed by atoms with van der Waals surface area (Å²) in [4.78, 5) is 11.7. The first-order chi connectivity index (χ1) is 8.74. The van der Waals surface area contributed by atoms with Gasteiger partial charge < -0.3 is 5.32 Å². The number of rotatable bonds is 3. The Balaban J connectivity index is 1.82. The highest BCUT2D eigenvalue weighted by molar-refractivity contribution is 5.84. The van der Waals surface area contributed by atoms with Crippen molar-refractivity contribution in [2.75, 3.05) is 0 Å². The molecule has 1 atom stereocenters. The first kappa shape index (κ1) is 11.3. The van der Waals surface area contributed by atoms with Gasteiger partial charge in [-0.25, -0.2) is 0 Å². The fourth-order valence-electron chi connectivity index (χ4n) is 2.24. The van der Waals surface area contributed by atoms with Gasteiger partial charge in [-0.1, -0.05) is 36.4 Å². The number of carbonyl (C=O) groups is 1. The maximum absolute atomic E-state index is 11.7. The van der Waals surface area contributed by atoms with Crippen LogP contribution in [0.3, 0.4) is 0 Å². The molecule has 2 aromatic carbocycles. The van der Waals surface area contributed by atoms with Gasteiger partial charge in [0.25, 0.3) is 0 Å². The smallest absolute Gasteiger partial charge is 0.223 e. The van der Waals surface area contributed by atoms with Gasteiger partial charge in [-0.05, 0) is 42.2 Å². The third-order valence-corrected chi connectivity index (χ3v) is 3.58. The van der Waals surface area contributed by atoms with Crippen LogP contribution in [0.1, 0.15) is 31.4 Å². The highest BCUT2D eigenvalue weighted by atomic mass is 16.2. The molecule has 1 fully saturated rings. The lowest BCUT2D eigenvalue weighted by molar-refractivity contribution is -0.122. The number of nitrogens with one attached hydrogen (secondary N) is 1. The van der Waals surface area contributed by atoms with Crippen LogP contribution in [-0.4, -0.2) is 5.91 Å². The monoisotopic (exact) mass is 239 g/mol. The normalized spacial score (nSPS) is 16.5. The van der Waals surface area contributed by atoms with Crippen molar-refractivity contribution in [1.29, 1.82) is 0 Å². The lowest BCUT2D eigenvalue weighted by atomic mass is 10.0. The number of carbonyl (C=O) groups excluding carboxylic acids is 1. The Morgan fingerprint density at radius 2 is 1.89 bits per heavy atom. The Morgan fingerprint density at radius 1 is 1.17 bits per heavy atom. The van der Waals surface area contributed by atoms with Crippen LogP contribution in [-0.2, 0) is 4.79 Å². The zero-order chi connectivity index (χ0) is 12.5. The molecule has 2 nitrogen and oxygen atoms in total. The zero-order valence-electron chi connectivity index (χ0n) is 10.5. The summed E-state index contributed by atoms with van der Waals surface area (Å²) in [6, 6.07) is 14.8. The summed E-state index contributed by atoms with van der Waals surface area (Å²) in [5, 5.41) is 5.55. The molecule has 1 unspecified atom stereocenters. The largest absolute Gasteiger partial charge is 0.349 e. The topological polar surface area (TPSA) is 29.1 Å². The first-order valence-electron chi connectivity index (χ1n) is 6.53. The van der Waals surface area contributed by atoms with E-state index in [1.54, 1.807) is 0 Å². The van der Waals surface area contributed by atoms with Gasteiger partial charge in [0.1, 0.15) is 0 Å². The highest BCUT2D eigenvalue weighted by Gasteiger charge is 2.30. The predicted octanol–water partition coefficient (Wildman–Crippen LogP) is 3.43. The van der Waals surface area contributed by atoms with Crippen LogP contribution in [0.15, 0.2) is 42.5 Å². The molecule has 92 valence electrons. The van der Waals surface area contributed by atoms with E-state index in [1.807, 2.05) is 19.1 Å². The third-order valence-electron chi connectivity index (χ3n) is 3.58. The average molecular weight is 239 g/mol. The van der Waals surface area contributed by atoms with Gasteiger partial charge in [-0.2, -0.15) is 0 Å². The van der Waals surface area contributed by atoms with Crippen molar-refractivity contribution >= 4 is 16.7 Å².